The third kappa shape index (κ3) is 45.8. The van der Waals surface area contributed by atoms with Crippen molar-refractivity contribution in [1.29, 1.82) is 0 Å². The summed E-state index contributed by atoms with van der Waals surface area (Å²) in [6.45, 7) is 13.7. The molecule has 0 aliphatic carbocycles. The van der Waals surface area contributed by atoms with Crippen LogP contribution in [-0.4, -0.2) is 37.2 Å². The molecule has 350 valence electrons. The summed E-state index contributed by atoms with van der Waals surface area (Å²) >= 11 is 0. The monoisotopic (exact) mass is 835 g/mol. The van der Waals surface area contributed by atoms with Crippen molar-refractivity contribution in [2.75, 3.05) is 13.2 Å². The topological polar surface area (TPSA) is 78.9 Å². The molecule has 0 aliphatic rings. The summed E-state index contributed by atoms with van der Waals surface area (Å²) in [5, 5.41) is 0. The normalized spacial score (nSPS) is 12.6. The van der Waals surface area contributed by atoms with Crippen LogP contribution in [0.2, 0.25) is 0 Å². The van der Waals surface area contributed by atoms with Gasteiger partial charge >= 0.3 is 17.9 Å². The minimum Gasteiger partial charge on any atom is -0.462 e. The van der Waals surface area contributed by atoms with Crippen LogP contribution in [0.1, 0.15) is 286 Å². The van der Waals surface area contributed by atoms with E-state index in [0.29, 0.717) is 19.3 Å². The molecule has 0 saturated heterocycles. The number of carbonyl (C=O) groups excluding carboxylic acids is 3. The van der Waals surface area contributed by atoms with Gasteiger partial charge in [0.05, 0.1) is 0 Å². The van der Waals surface area contributed by atoms with E-state index in [2.05, 4.69) is 41.5 Å². The quantitative estimate of drug-likeness (QED) is 0.0345. The van der Waals surface area contributed by atoms with Crippen molar-refractivity contribution >= 4 is 17.9 Å². The molecule has 0 N–H and O–H groups in total. The zero-order valence-corrected chi connectivity index (χ0v) is 40.5. The Hall–Kier alpha value is -1.59. The van der Waals surface area contributed by atoms with Gasteiger partial charge < -0.3 is 14.2 Å². The molecule has 0 saturated carbocycles. The zero-order valence-electron chi connectivity index (χ0n) is 40.5. The Bertz CT molecular complexity index is 916. The molecule has 0 aromatic carbocycles. The van der Waals surface area contributed by atoms with Gasteiger partial charge in [0, 0.05) is 19.3 Å². The molecule has 0 aromatic rings. The first-order valence-corrected chi connectivity index (χ1v) is 26.1. The SMILES string of the molecule is CCC(C)CCCCCCCCC(=O)O[C@@H](COC(=O)CCCCCCCCCCCCCCCCCC(C)C)COC(=O)CCCCCCCCCCCCC(C)C. The van der Waals surface area contributed by atoms with Gasteiger partial charge in [-0.15, -0.1) is 0 Å². The second-order valence-electron chi connectivity index (χ2n) is 19.4. The van der Waals surface area contributed by atoms with Gasteiger partial charge in [0.1, 0.15) is 13.2 Å². The molecular formula is C53H102O6. The van der Waals surface area contributed by atoms with Gasteiger partial charge in [-0.05, 0) is 37.0 Å². The molecule has 0 amide bonds. The van der Waals surface area contributed by atoms with Crippen LogP contribution in [0, 0.1) is 17.8 Å². The Morgan fingerprint density at radius 2 is 0.593 bits per heavy atom. The Morgan fingerprint density at radius 3 is 0.881 bits per heavy atom. The summed E-state index contributed by atoms with van der Waals surface area (Å²) in [7, 11) is 0. The fraction of sp³-hybridized carbons (Fsp3) is 0.943. The lowest BCUT2D eigenvalue weighted by Crippen LogP contribution is -2.30. The van der Waals surface area contributed by atoms with Crippen LogP contribution in [-0.2, 0) is 28.6 Å². The van der Waals surface area contributed by atoms with Crippen molar-refractivity contribution in [1.82, 2.24) is 0 Å². The smallest absolute Gasteiger partial charge is 0.306 e. The highest BCUT2D eigenvalue weighted by molar-refractivity contribution is 5.71. The highest BCUT2D eigenvalue weighted by Crippen LogP contribution is 2.18. The van der Waals surface area contributed by atoms with Crippen LogP contribution in [0.25, 0.3) is 0 Å². The first kappa shape index (κ1) is 57.4. The molecule has 0 rings (SSSR count). The Morgan fingerprint density at radius 1 is 0.339 bits per heavy atom. The first-order chi connectivity index (χ1) is 28.6. The van der Waals surface area contributed by atoms with E-state index in [9.17, 15) is 14.4 Å². The van der Waals surface area contributed by atoms with Gasteiger partial charge in [-0.25, -0.2) is 0 Å². The van der Waals surface area contributed by atoms with Crippen molar-refractivity contribution in [2.45, 2.75) is 292 Å². The molecule has 0 radical (unpaired) electrons. The zero-order chi connectivity index (χ0) is 43.4. The largest absolute Gasteiger partial charge is 0.462 e. The number of ether oxygens (including phenoxy) is 3. The Kier molecular flexibility index (Phi) is 43.3. The second kappa shape index (κ2) is 44.5. The summed E-state index contributed by atoms with van der Waals surface area (Å²) in [6.07, 6.45) is 43.8. The third-order valence-corrected chi connectivity index (χ3v) is 12.3. The molecule has 6 nitrogen and oxygen atoms in total. The summed E-state index contributed by atoms with van der Waals surface area (Å²) in [6, 6.07) is 0. The number of rotatable bonds is 46. The molecule has 0 spiro atoms. The Balaban J connectivity index is 4.26. The standard InChI is InChI=1S/C53H102O6/c1-7-49(6)41-35-29-25-26-32-38-44-53(56)59-50(46-58-52(55)43-37-31-24-20-16-15-18-22-28-34-40-48(4)5)45-57-51(54)42-36-30-23-19-14-12-10-8-9-11-13-17-21-27-33-39-47(2)3/h47-50H,7-46H2,1-6H3/t49?,50-/m0/s1. The van der Waals surface area contributed by atoms with Gasteiger partial charge in [0.2, 0.25) is 0 Å². The maximum atomic E-state index is 12.7. The maximum absolute atomic E-state index is 12.7. The van der Waals surface area contributed by atoms with Crippen LogP contribution in [0.3, 0.4) is 0 Å². The lowest BCUT2D eigenvalue weighted by atomic mass is 10.00. The number of hydrogen-bond acceptors (Lipinski definition) is 6. The molecule has 0 aromatic heterocycles. The van der Waals surface area contributed by atoms with E-state index in [1.54, 1.807) is 0 Å². The number of carbonyl (C=O) groups is 3. The average Bonchev–Trinajstić information content (AvgIpc) is 3.20. The Labute approximate surface area is 368 Å². The van der Waals surface area contributed by atoms with E-state index in [-0.39, 0.29) is 31.1 Å². The predicted molar refractivity (Wildman–Crippen MR) is 252 cm³/mol. The van der Waals surface area contributed by atoms with E-state index < -0.39 is 6.10 Å². The molecule has 0 bridgehead atoms. The summed E-state index contributed by atoms with van der Waals surface area (Å²) in [5.74, 6) is 1.62. The number of esters is 3. The number of unbranched alkanes of at least 4 members (excludes halogenated alkanes) is 28. The lowest BCUT2D eigenvalue weighted by molar-refractivity contribution is -0.167. The minimum absolute atomic E-state index is 0.0654. The molecule has 1 unspecified atom stereocenters. The molecule has 59 heavy (non-hydrogen) atoms. The van der Waals surface area contributed by atoms with Gasteiger partial charge in [-0.3, -0.25) is 14.4 Å². The average molecular weight is 835 g/mol. The highest BCUT2D eigenvalue weighted by atomic mass is 16.6. The fourth-order valence-corrected chi connectivity index (χ4v) is 7.91. The molecule has 0 aliphatic heterocycles. The minimum atomic E-state index is -0.763. The van der Waals surface area contributed by atoms with Gasteiger partial charge in [-0.1, -0.05) is 247 Å². The molecular weight excluding hydrogens is 733 g/mol. The molecule has 0 fully saturated rings. The predicted octanol–water partition coefficient (Wildman–Crippen LogP) is 16.8. The highest BCUT2D eigenvalue weighted by Gasteiger charge is 2.19. The van der Waals surface area contributed by atoms with Gasteiger partial charge in [0.25, 0.3) is 0 Å². The van der Waals surface area contributed by atoms with Gasteiger partial charge in [-0.2, -0.15) is 0 Å². The molecule has 0 heterocycles. The summed E-state index contributed by atoms with van der Waals surface area (Å²) < 4.78 is 16.8. The third-order valence-electron chi connectivity index (χ3n) is 12.3. The van der Waals surface area contributed by atoms with E-state index in [1.807, 2.05) is 0 Å². The molecule has 6 heteroatoms. The van der Waals surface area contributed by atoms with Crippen molar-refractivity contribution in [3.8, 4) is 0 Å². The van der Waals surface area contributed by atoms with Crippen molar-refractivity contribution < 1.29 is 28.6 Å². The van der Waals surface area contributed by atoms with Crippen molar-refractivity contribution in [3.05, 3.63) is 0 Å². The summed E-state index contributed by atoms with van der Waals surface area (Å²) in [4.78, 5) is 37.9. The van der Waals surface area contributed by atoms with E-state index in [1.165, 1.54) is 167 Å². The van der Waals surface area contributed by atoms with Crippen molar-refractivity contribution in [2.24, 2.45) is 17.8 Å². The molecule has 2 atom stereocenters. The van der Waals surface area contributed by atoms with Crippen LogP contribution in [0.4, 0.5) is 0 Å². The summed E-state index contributed by atoms with van der Waals surface area (Å²) in [5.41, 5.74) is 0. The van der Waals surface area contributed by atoms with Crippen LogP contribution < -0.4 is 0 Å². The van der Waals surface area contributed by atoms with Crippen LogP contribution >= 0.6 is 0 Å². The lowest BCUT2D eigenvalue weighted by Gasteiger charge is -2.18. The fourth-order valence-electron chi connectivity index (χ4n) is 7.91. The maximum Gasteiger partial charge on any atom is 0.306 e. The van der Waals surface area contributed by atoms with E-state index >= 15 is 0 Å². The second-order valence-corrected chi connectivity index (χ2v) is 19.4. The number of hydrogen-bond donors (Lipinski definition) is 0. The van der Waals surface area contributed by atoms with E-state index in [4.69, 9.17) is 14.2 Å². The van der Waals surface area contributed by atoms with Crippen LogP contribution in [0.15, 0.2) is 0 Å². The van der Waals surface area contributed by atoms with E-state index in [0.717, 1.165) is 75.5 Å². The van der Waals surface area contributed by atoms with Gasteiger partial charge in [0.15, 0.2) is 6.10 Å². The first-order valence-electron chi connectivity index (χ1n) is 26.1. The van der Waals surface area contributed by atoms with Crippen LogP contribution in [0.5, 0.6) is 0 Å². The van der Waals surface area contributed by atoms with Crippen molar-refractivity contribution in [3.63, 3.8) is 0 Å².